The zero-order valence-corrected chi connectivity index (χ0v) is 29.1. The number of rotatable bonds is 6. The van der Waals surface area contributed by atoms with Gasteiger partial charge in [-0.2, -0.15) is 0 Å². The van der Waals surface area contributed by atoms with Gasteiger partial charge in [0, 0.05) is 61.3 Å². The fourth-order valence-electron chi connectivity index (χ4n) is 14.6. The van der Waals surface area contributed by atoms with Gasteiger partial charge in [0.2, 0.25) is 0 Å². The summed E-state index contributed by atoms with van der Waals surface area (Å²) in [6, 6.07) is 20.3. The van der Waals surface area contributed by atoms with E-state index in [0.717, 1.165) is 73.9 Å². The highest BCUT2D eigenvalue weighted by molar-refractivity contribution is 5.77. The second-order valence-corrected chi connectivity index (χ2v) is 17.2. The largest absolute Gasteiger partial charge is 0.392 e. The van der Waals surface area contributed by atoms with Gasteiger partial charge in [0.1, 0.15) is 25.2 Å². The van der Waals surface area contributed by atoms with Crippen LogP contribution in [0.5, 0.6) is 0 Å². The highest BCUT2D eigenvalue weighted by Gasteiger charge is 2.75. The lowest BCUT2D eigenvalue weighted by Gasteiger charge is -2.59. The number of nitrogens with zero attached hydrogens (tertiary/aromatic N) is 4. The van der Waals surface area contributed by atoms with Gasteiger partial charge in [-0.1, -0.05) is 61.7 Å². The quantitative estimate of drug-likeness (QED) is 0.317. The number of hydrogen-bond donors (Lipinski definition) is 2. The average Bonchev–Trinajstić information content (AvgIpc) is 3.81. The molecule has 4 bridgehead atoms. The lowest BCUT2D eigenvalue weighted by molar-refractivity contribution is -0.937. The number of quaternary nitrogens is 2. The maximum absolute atomic E-state index is 10.5. The van der Waals surface area contributed by atoms with Crippen LogP contribution in [0.15, 0.2) is 121 Å². The van der Waals surface area contributed by atoms with E-state index in [-0.39, 0.29) is 36.1 Å². The molecule has 2 N–H and O–H groups in total. The third-order valence-corrected chi connectivity index (χ3v) is 15.9. The Balaban J connectivity index is 1.22. The summed E-state index contributed by atoms with van der Waals surface area (Å²) < 4.78 is 2.12. The summed E-state index contributed by atoms with van der Waals surface area (Å²) in [4.78, 5) is 5.54. The number of para-hydroxylation sites is 2. The summed E-state index contributed by atoms with van der Waals surface area (Å²) in [7, 11) is 0. The van der Waals surface area contributed by atoms with Gasteiger partial charge in [-0.25, -0.2) is 0 Å². The molecular weight excluding hydrogens is 617 g/mol. The van der Waals surface area contributed by atoms with Crippen LogP contribution in [0, 0.1) is 11.8 Å². The summed E-state index contributed by atoms with van der Waals surface area (Å²) in [5.41, 5.74) is 11.8. The molecule has 9 aliphatic rings. The Kier molecular flexibility index (Phi) is 6.00. The van der Waals surface area contributed by atoms with Gasteiger partial charge in [0.05, 0.1) is 62.3 Å². The van der Waals surface area contributed by atoms with E-state index in [9.17, 15) is 10.2 Å². The summed E-state index contributed by atoms with van der Waals surface area (Å²) in [5.74, 6) is 0.615. The molecule has 4 saturated heterocycles. The van der Waals surface area contributed by atoms with Gasteiger partial charge in [-0.15, -0.1) is 0 Å². The van der Waals surface area contributed by atoms with Gasteiger partial charge in [-0.3, -0.25) is 0 Å². The first-order valence-electron chi connectivity index (χ1n) is 19.2. The molecule has 6 fully saturated rings. The van der Waals surface area contributed by atoms with Crippen molar-refractivity contribution in [2.75, 3.05) is 62.3 Å². The summed E-state index contributed by atoms with van der Waals surface area (Å²) in [5, 5.41) is 20.9. The number of anilines is 2. The zero-order chi connectivity index (χ0) is 33.6. The van der Waals surface area contributed by atoms with E-state index in [1.54, 1.807) is 11.1 Å². The van der Waals surface area contributed by atoms with E-state index in [4.69, 9.17) is 0 Å². The van der Waals surface area contributed by atoms with Crippen molar-refractivity contribution in [3.05, 3.63) is 132 Å². The minimum Gasteiger partial charge on any atom is -0.392 e. The van der Waals surface area contributed by atoms with E-state index >= 15 is 0 Å². The van der Waals surface area contributed by atoms with Crippen LogP contribution in [0.25, 0.3) is 0 Å². The fraction of sp³-hybridized carbons (Fsp3) is 0.455. The highest BCUT2D eigenvalue weighted by Crippen LogP contribution is 2.69. The number of aliphatic hydroxyl groups excluding tert-OH is 2. The predicted molar refractivity (Wildman–Crippen MR) is 198 cm³/mol. The van der Waals surface area contributed by atoms with Crippen LogP contribution in [0.3, 0.4) is 0 Å². The Morgan fingerprint density at radius 2 is 1.12 bits per heavy atom. The maximum Gasteiger partial charge on any atom is 0.103 e. The van der Waals surface area contributed by atoms with Crippen molar-refractivity contribution in [2.24, 2.45) is 11.8 Å². The molecule has 2 saturated carbocycles. The molecule has 2 aromatic rings. The second kappa shape index (κ2) is 10.0. The van der Waals surface area contributed by atoms with Crippen molar-refractivity contribution in [3.8, 4) is 0 Å². The molecule has 2 aromatic carbocycles. The molecule has 2 aliphatic carbocycles. The first kappa shape index (κ1) is 30.0. The topological polar surface area (TPSA) is 46.9 Å². The molecule has 0 aromatic heterocycles. The van der Waals surface area contributed by atoms with Crippen molar-refractivity contribution in [1.29, 1.82) is 0 Å². The van der Waals surface area contributed by atoms with Crippen molar-refractivity contribution in [2.45, 2.75) is 60.7 Å². The molecule has 6 heteroatoms. The number of fused-ring (bicyclic) bond motifs is 8. The molecule has 11 rings (SSSR count). The highest BCUT2D eigenvalue weighted by atomic mass is 16.3. The number of piperidine rings is 2. The number of aliphatic hydroxyl groups is 2. The molecule has 0 amide bonds. The zero-order valence-electron chi connectivity index (χ0n) is 29.1. The molecule has 256 valence electrons. The van der Waals surface area contributed by atoms with Gasteiger partial charge in [-0.05, 0) is 57.7 Å². The monoisotopic (exact) mass is 666 g/mol. The molecule has 50 heavy (non-hydrogen) atoms. The van der Waals surface area contributed by atoms with Crippen LogP contribution in [0.1, 0.15) is 36.8 Å². The third kappa shape index (κ3) is 3.24. The Morgan fingerprint density at radius 1 is 0.680 bits per heavy atom. The predicted octanol–water partition coefficient (Wildman–Crippen LogP) is 5.48. The molecule has 0 radical (unpaired) electrons. The molecule has 2 spiro atoms. The van der Waals surface area contributed by atoms with Crippen molar-refractivity contribution < 1.29 is 19.2 Å². The van der Waals surface area contributed by atoms with Crippen LogP contribution in [0.2, 0.25) is 0 Å². The molecule has 10 atom stereocenters. The van der Waals surface area contributed by atoms with E-state index < -0.39 is 0 Å². The Bertz CT molecular complexity index is 1850. The fourth-order valence-corrected chi connectivity index (χ4v) is 14.6. The first-order valence-corrected chi connectivity index (χ1v) is 19.2. The smallest absolute Gasteiger partial charge is 0.103 e. The van der Waals surface area contributed by atoms with E-state index in [1.807, 2.05) is 0 Å². The minimum atomic E-state index is 0.0183. The molecule has 6 unspecified atom stereocenters. The van der Waals surface area contributed by atoms with Crippen LogP contribution in [-0.4, -0.2) is 95.8 Å². The van der Waals surface area contributed by atoms with E-state index in [0.29, 0.717) is 23.9 Å². The first-order chi connectivity index (χ1) is 24.5. The lowest BCUT2D eigenvalue weighted by atomic mass is 9.56. The summed E-state index contributed by atoms with van der Waals surface area (Å²) in [6.07, 6.45) is 18.6. The Labute approximate surface area is 296 Å². The number of benzene rings is 2. The average molecular weight is 667 g/mol. The second-order valence-electron chi connectivity index (χ2n) is 17.2. The van der Waals surface area contributed by atoms with Crippen LogP contribution in [0.4, 0.5) is 11.4 Å². The maximum atomic E-state index is 10.5. The Hall–Kier alpha value is -3.68. The van der Waals surface area contributed by atoms with Gasteiger partial charge in [0.25, 0.3) is 0 Å². The van der Waals surface area contributed by atoms with E-state index in [2.05, 4.69) is 108 Å². The van der Waals surface area contributed by atoms with Crippen LogP contribution >= 0.6 is 0 Å². The van der Waals surface area contributed by atoms with E-state index in [1.165, 1.54) is 33.6 Å². The standard InChI is InChI=1S/C44H50N4O2/c1-3-17-47-19-15-43-35-9-5-7-11-37(35)45-26-34-32-24-40-44(16-20-48(40,18-4-2)28-30(32)14-22-50)36-10-6-8-12-38(36)46(42(34)44)25-33(41(43)45)31(23-39(43)47)29(27-47)13-21-49/h3-14,25-26,31-32,39-42,49-50H,1-2,15-24,27-28H2/q+2/b29-13-,30-14-,33-25-,34-26-/t31?,32?,39-,40-,41-,42-,43?,44?,47?,48?/m0/s1. The molecule has 7 heterocycles. The van der Waals surface area contributed by atoms with Crippen molar-refractivity contribution in [3.63, 3.8) is 0 Å². The van der Waals surface area contributed by atoms with Crippen LogP contribution in [-0.2, 0) is 10.8 Å². The lowest BCUT2D eigenvalue weighted by Crippen LogP contribution is -2.69. The molecule has 7 aliphatic heterocycles. The third-order valence-electron chi connectivity index (χ3n) is 15.9. The van der Waals surface area contributed by atoms with Crippen molar-refractivity contribution in [1.82, 2.24) is 0 Å². The van der Waals surface area contributed by atoms with Gasteiger partial charge >= 0.3 is 0 Å². The van der Waals surface area contributed by atoms with Gasteiger partial charge in [0.15, 0.2) is 0 Å². The molecular formula is C44H50N4O2+2. The summed E-state index contributed by atoms with van der Waals surface area (Å²) >= 11 is 0. The van der Waals surface area contributed by atoms with Crippen LogP contribution < -0.4 is 9.80 Å². The SMILES string of the molecule is C=CC[N+]12CCC34c5ccccc5N5/C=C6/C7C[C@H]8C9(CC[N+]8(CC=C)C/C7=C/CO)c7ccccc7N(/C=C(/C(C[C@@H]31)/C(=C\CO)C2)[C@H]54)[C@@H]69. The van der Waals surface area contributed by atoms with Gasteiger partial charge < -0.3 is 29.0 Å². The summed E-state index contributed by atoms with van der Waals surface area (Å²) in [6.45, 7) is 15.0. The number of hydrogen-bond acceptors (Lipinski definition) is 4. The Morgan fingerprint density at radius 3 is 1.54 bits per heavy atom. The van der Waals surface area contributed by atoms with Crippen molar-refractivity contribution >= 4 is 11.4 Å². The molecule has 6 nitrogen and oxygen atoms in total. The minimum absolute atomic E-state index is 0.0183. The normalized spacial score (nSPS) is 45.5.